The van der Waals surface area contributed by atoms with Gasteiger partial charge in [0, 0.05) is 12.1 Å². The first-order valence-electron chi connectivity index (χ1n) is 5.15. The number of rotatable bonds is 6. The Morgan fingerprint density at radius 1 is 1.43 bits per heavy atom. The third kappa shape index (κ3) is 8.01. The predicted octanol–water partition coefficient (Wildman–Crippen LogP) is 0.180. The molecule has 0 aliphatic carbocycles. The van der Waals surface area contributed by atoms with Crippen LogP contribution in [0.5, 0.6) is 0 Å². The number of nitrogens with zero attached hydrogens (tertiary/aromatic N) is 1. The molecular formula is C10H23N3O. The molecule has 0 fully saturated rings. The molecule has 4 nitrogen and oxygen atoms in total. The van der Waals surface area contributed by atoms with Crippen LogP contribution >= 0.6 is 0 Å². The molecule has 0 bridgehead atoms. The van der Waals surface area contributed by atoms with Crippen LogP contribution in [0.2, 0.25) is 0 Å². The van der Waals surface area contributed by atoms with Crippen molar-refractivity contribution in [2.75, 3.05) is 20.1 Å². The van der Waals surface area contributed by atoms with Crippen LogP contribution < -0.4 is 11.1 Å². The minimum atomic E-state index is 0.0761. The van der Waals surface area contributed by atoms with Crippen LogP contribution in [-0.4, -0.2) is 43.0 Å². The van der Waals surface area contributed by atoms with Gasteiger partial charge in [0.1, 0.15) is 0 Å². The third-order valence-corrected chi connectivity index (χ3v) is 1.83. The highest BCUT2D eigenvalue weighted by molar-refractivity contribution is 5.78. The van der Waals surface area contributed by atoms with Crippen molar-refractivity contribution >= 4 is 5.91 Å². The molecule has 0 saturated carbocycles. The van der Waals surface area contributed by atoms with Gasteiger partial charge in [-0.15, -0.1) is 0 Å². The summed E-state index contributed by atoms with van der Waals surface area (Å²) in [6.45, 7) is 7.20. The normalized spacial score (nSPS) is 13.4. The number of amides is 1. The number of nitrogens with two attached hydrogens (primary N) is 1. The van der Waals surface area contributed by atoms with Crippen LogP contribution in [0.4, 0.5) is 0 Å². The lowest BCUT2D eigenvalue weighted by molar-refractivity contribution is -0.122. The fourth-order valence-corrected chi connectivity index (χ4v) is 1.12. The second kappa shape index (κ2) is 6.79. The predicted molar refractivity (Wildman–Crippen MR) is 59.0 cm³/mol. The van der Waals surface area contributed by atoms with Crippen molar-refractivity contribution < 1.29 is 4.79 Å². The Kier molecular flexibility index (Phi) is 6.49. The molecule has 0 rings (SSSR count). The molecule has 0 saturated heterocycles. The quantitative estimate of drug-likeness (QED) is 0.644. The standard InChI is InChI=1S/C10H23N3O/c1-8(2)12-10(14)7-13(4)6-5-9(3)11/h8-9H,5-7,11H2,1-4H3,(H,12,14). The Balaban J connectivity index is 3.60. The van der Waals surface area contributed by atoms with E-state index in [9.17, 15) is 4.79 Å². The highest BCUT2D eigenvalue weighted by Crippen LogP contribution is 1.91. The lowest BCUT2D eigenvalue weighted by Gasteiger charge is -2.18. The second-order valence-electron chi connectivity index (χ2n) is 4.23. The fourth-order valence-electron chi connectivity index (χ4n) is 1.12. The number of likely N-dealkylation sites (N-methyl/N-ethyl adjacent to an activating group) is 1. The maximum Gasteiger partial charge on any atom is 0.234 e. The minimum absolute atomic E-state index is 0.0761. The first kappa shape index (κ1) is 13.4. The largest absolute Gasteiger partial charge is 0.353 e. The van der Waals surface area contributed by atoms with Crippen LogP contribution in [0.3, 0.4) is 0 Å². The van der Waals surface area contributed by atoms with Gasteiger partial charge in [-0.3, -0.25) is 9.69 Å². The summed E-state index contributed by atoms with van der Waals surface area (Å²) in [5.74, 6) is 0.0761. The average molecular weight is 201 g/mol. The molecule has 0 aromatic heterocycles. The zero-order valence-electron chi connectivity index (χ0n) is 9.71. The van der Waals surface area contributed by atoms with Gasteiger partial charge in [0.05, 0.1) is 6.54 Å². The number of hydrogen-bond acceptors (Lipinski definition) is 3. The van der Waals surface area contributed by atoms with Crippen LogP contribution in [0.15, 0.2) is 0 Å². The van der Waals surface area contributed by atoms with Crippen molar-refractivity contribution in [3.63, 3.8) is 0 Å². The van der Waals surface area contributed by atoms with E-state index in [1.54, 1.807) is 0 Å². The first-order chi connectivity index (χ1) is 6.41. The Labute approximate surface area is 86.8 Å². The summed E-state index contributed by atoms with van der Waals surface area (Å²) in [7, 11) is 1.93. The van der Waals surface area contributed by atoms with Gasteiger partial charge in [-0.25, -0.2) is 0 Å². The average Bonchev–Trinajstić information content (AvgIpc) is 1.98. The molecule has 84 valence electrons. The Bertz CT molecular complexity index is 169. The van der Waals surface area contributed by atoms with Crippen molar-refractivity contribution in [1.29, 1.82) is 0 Å². The summed E-state index contributed by atoms with van der Waals surface area (Å²) in [6.07, 6.45) is 0.922. The summed E-state index contributed by atoms with van der Waals surface area (Å²) in [6, 6.07) is 0.412. The van der Waals surface area contributed by atoms with Gasteiger partial charge < -0.3 is 11.1 Å². The van der Waals surface area contributed by atoms with E-state index in [2.05, 4.69) is 5.32 Å². The van der Waals surface area contributed by atoms with Gasteiger partial charge in [-0.05, 0) is 40.8 Å². The molecule has 0 aromatic rings. The van der Waals surface area contributed by atoms with Crippen molar-refractivity contribution in [1.82, 2.24) is 10.2 Å². The van der Waals surface area contributed by atoms with E-state index in [0.29, 0.717) is 6.54 Å². The second-order valence-corrected chi connectivity index (χ2v) is 4.23. The highest BCUT2D eigenvalue weighted by Gasteiger charge is 2.07. The number of carbonyl (C=O) groups is 1. The third-order valence-electron chi connectivity index (χ3n) is 1.83. The molecule has 0 spiro atoms. The monoisotopic (exact) mass is 201 g/mol. The molecule has 0 aliphatic rings. The van der Waals surface area contributed by atoms with Crippen molar-refractivity contribution in [2.45, 2.75) is 39.3 Å². The van der Waals surface area contributed by atoms with Crippen molar-refractivity contribution in [3.8, 4) is 0 Å². The van der Waals surface area contributed by atoms with Crippen LogP contribution in [0.25, 0.3) is 0 Å². The molecule has 1 atom stereocenters. The molecule has 0 aliphatic heterocycles. The van der Waals surface area contributed by atoms with E-state index in [4.69, 9.17) is 5.73 Å². The fraction of sp³-hybridized carbons (Fsp3) is 0.900. The van der Waals surface area contributed by atoms with E-state index >= 15 is 0 Å². The van der Waals surface area contributed by atoms with Gasteiger partial charge >= 0.3 is 0 Å². The molecule has 1 unspecified atom stereocenters. The highest BCUT2D eigenvalue weighted by atomic mass is 16.2. The van der Waals surface area contributed by atoms with Crippen LogP contribution in [0, 0.1) is 0 Å². The number of carbonyl (C=O) groups excluding carboxylic acids is 1. The topological polar surface area (TPSA) is 58.4 Å². The summed E-state index contributed by atoms with van der Waals surface area (Å²) >= 11 is 0. The van der Waals surface area contributed by atoms with Crippen molar-refractivity contribution in [3.05, 3.63) is 0 Å². The maximum atomic E-state index is 11.3. The minimum Gasteiger partial charge on any atom is -0.353 e. The first-order valence-corrected chi connectivity index (χ1v) is 5.15. The summed E-state index contributed by atoms with van der Waals surface area (Å²) < 4.78 is 0. The van der Waals surface area contributed by atoms with Crippen LogP contribution in [0.1, 0.15) is 27.2 Å². The molecule has 3 N–H and O–H groups in total. The van der Waals surface area contributed by atoms with E-state index in [1.165, 1.54) is 0 Å². The maximum absolute atomic E-state index is 11.3. The molecular weight excluding hydrogens is 178 g/mol. The SMILES string of the molecule is CC(N)CCN(C)CC(=O)NC(C)C. The zero-order chi connectivity index (χ0) is 11.1. The molecule has 1 amide bonds. The Hall–Kier alpha value is -0.610. The molecule has 4 heteroatoms. The molecule has 0 radical (unpaired) electrons. The van der Waals surface area contributed by atoms with Gasteiger partial charge in [0.15, 0.2) is 0 Å². The lowest BCUT2D eigenvalue weighted by Crippen LogP contribution is -2.39. The Morgan fingerprint density at radius 3 is 2.43 bits per heavy atom. The summed E-state index contributed by atoms with van der Waals surface area (Å²) in [4.78, 5) is 13.3. The van der Waals surface area contributed by atoms with Gasteiger partial charge in [-0.1, -0.05) is 0 Å². The van der Waals surface area contributed by atoms with E-state index in [1.807, 2.05) is 32.7 Å². The van der Waals surface area contributed by atoms with E-state index in [0.717, 1.165) is 13.0 Å². The van der Waals surface area contributed by atoms with Gasteiger partial charge in [0.2, 0.25) is 5.91 Å². The molecule has 0 aromatic carbocycles. The molecule has 14 heavy (non-hydrogen) atoms. The van der Waals surface area contributed by atoms with E-state index in [-0.39, 0.29) is 18.0 Å². The number of hydrogen-bond donors (Lipinski definition) is 2. The summed E-state index contributed by atoms with van der Waals surface area (Å²) in [5.41, 5.74) is 5.63. The van der Waals surface area contributed by atoms with Crippen LogP contribution in [-0.2, 0) is 4.79 Å². The zero-order valence-corrected chi connectivity index (χ0v) is 9.71. The Morgan fingerprint density at radius 2 is 2.00 bits per heavy atom. The van der Waals surface area contributed by atoms with Gasteiger partial charge in [-0.2, -0.15) is 0 Å². The molecule has 0 heterocycles. The van der Waals surface area contributed by atoms with Gasteiger partial charge in [0.25, 0.3) is 0 Å². The number of nitrogens with one attached hydrogen (secondary N) is 1. The summed E-state index contributed by atoms with van der Waals surface area (Å²) in [5, 5.41) is 2.85. The smallest absolute Gasteiger partial charge is 0.234 e. The van der Waals surface area contributed by atoms with Crippen molar-refractivity contribution in [2.24, 2.45) is 5.73 Å². The van der Waals surface area contributed by atoms with E-state index < -0.39 is 0 Å². The lowest BCUT2D eigenvalue weighted by atomic mass is 10.2.